The van der Waals surface area contributed by atoms with Crippen LogP contribution in [0.15, 0.2) is 164 Å². The van der Waals surface area contributed by atoms with E-state index in [1.54, 1.807) is 0 Å². The van der Waals surface area contributed by atoms with E-state index in [0.717, 1.165) is 0 Å². The molecule has 0 unspecified atom stereocenters. The number of anilines is 3. The smallest absolute Gasteiger partial charge is 0.0725 e. The molecule has 8 aromatic carbocycles. The van der Waals surface area contributed by atoms with Gasteiger partial charge in [-0.2, -0.15) is 0 Å². The van der Waals surface area contributed by atoms with Gasteiger partial charge in [-0.25, -0.2) is 0 Å². The van der Waals surface area contributed by atoms with Crippen molar-refractivity contribution in [2.45, 2.75) is 81.5 Å². The number of hydrogen-bond donors (Lipinski definition) is 0. The summed E-state index contributed by atoms with van der Waals surface area (Å²) in [6.45, 7) is 0. The maximum Gasteiger partial charge on any atom is 0.0725 e. The van der Waals surface area contributed by atoms with Gasteiger partial charge in [-0.1, -0.05) is 154 Å². The highest BCUT2D eigenvalue weighted by Gasteiger charge is 2.52. The predicted molar refractivity (Wildman–Crippen MR) is 244 cm³/mol. The fraction of sp³-hybridized carbons (Fsp3) is 0.228. The maximum absolute atomic E-state index is 2.55. The molecule has 1 spiro atoms. The molecule has 0 aliphatic heterocycles. The Bertz CT molecular complexity index is 2740. The Balaban J connectivity index is 1.05. The summed E-state index contributed by atoms with van der Waals surface area (Å²) in [5.41, 5.74) is 17.2. The summed E-state index contributed by atoms with van der Waals surface area (Å²) in [7, 11) is 0. The summed E-state index contributed by atoms with van der Waals surface area (Å²) < 4.78 is 0. The van der Waals surface area contributed by atoms with E-state index < -0.39 is 5.41 Å². The average molecular weight is 748 g/mol. The Morgan fingerprint density at radius 1 is 0.362 bits per heavy atom. The van der Waals surface area contributed by atoms with Gasteiger partial charge < -0.3 is 4.90 Å². The summed E-state index contributed by atoms with van der Waals surface area (Å²) in [4.78, 5) is 2.50. The van der Waals surface area contributed by atoms with Crippen molar-refractivity contribution in [3.8, 4) is 22.3 Å². The lowest BCUT2D eigenvalue weighted by Gasteiger charge is -2.31. The van der Waals surface area contributed by atoms with Gasteiger partial charge in [0.05, 0.1) is 5.41 Å². The second-order valence-electron chi connectivity index (χ2n) is 17.7. The van der Waals surface area contributed by atoms with E-state index in [4.69, 9.17) is 0 Å². The summed E-state index contributed by atoms with van der Waals surface area (Å²) in [6.07, 6.45) is 13.4. The molecule has 0 N–H and O–H groups in total. The molecule has 0 atom stereocenters. The molecular formula is C57H49N. The summed E-state index contributed by atoms with van der Waals surface area (Å²) in [6, 6.07) is 63.5. The number of hydrogen-bond acceptors (Lipinski definition) is 1. The van der Waals surface area contributed by atoms with Crippen LogP contribution in [0.5, 0.6) is 0 Å². The van der Waals surface area contributed by atoms with Crippen molar-refractivity contribution in [3.63, 3.8) is 0 Å². The molecule has 282 valence electrons. The molecule has 1 heteroatoms. The molecule has 0 aromatic heterocycles. The predicted octanol–water partition coefficient (Wildman–Crippen LogP) is 15.9. The van der Waals surface area contributed by atoms with Gasteiger partial charge in [0.15, 0.2) is 0 Å². The van der Waals surface area contributed by atoms with E-state index in [-0.39, 0.29) is 0 Å². The maximum atomic E-state index is 2.55. The zero-order valence-corrected chi connectivity index (χ0v) is 33.3. The van der Waals surface area contributed by atoms with Gasteiger partial charge in [0, 0.05) is 17.1 Å². The van der Waals surface area contributed by atoms with Crippen LogP contribution in [-0.2, 0) is 5.41 Å². The van der Waals surface area contributed by atoms with E-state index in [0.29, 0.717) is 11.8 Å². The first-order chi connectivity index (χ1) is 28.8. The van der Waals surface area contributed by atoms with Crippen LogP contribution in [0.2, 0.25) is 0 Å². The molecule has 1 nitrogen and oxygen atoms in total. The number of rotatable bonds is 5. The van der Waals surface area contributed by atoms with Crippen molar-refractivity contribution < 1.29 is 0 Å². The van der Waals surface area contributed by atoms with Crippen molar-refractivity contribution in [1.29, 1.82) is 0 Å². The highest BCUT2D eigenvalue weighted by atomic mass is 15.1. The molecule has 4 aliphatic carbocycles. The second-order valence-corrected chi connectivity index (χ2v) is 17.7. The first kappa shape index (κ1) is 34.1. The summed E-state index contributed by atoms with van der Waals surface area (Å²) in [5.74, 6) is 1.38. The third kappa shape index (κ3) is 5.15. The minimum Gasteiger partial charge on any atom is -0.310 e. The molecule has 0 bridgehead atoms. The van der Waals surface area contributed by atoms with Gasteiger partial charge in [-0.05, 0) is 163 Å². The monoisotopic (exact) mass is 747 g/mol. The summed E-state index contributed by atoms with van der Waals surface area (Å²) >= 11 is 0. The van der Waals surface area contributed by atoms with Crippen molar-refractivity contribution in [2.24, 2.45) is 0 Å². The molecular weight excluding hydrogens is 699 g/mol. The van der Waals surface area contributed by atoms with Gasteiger partial charge in [0.2, 0.25) is 0 Å². The zero-order chi connectivity index (χ0) is 38.2. The minimum atomic E-state index is -0.393. The standard InChI is InChI=1S/C57H49N/c1-3-13-38(14-4-1)40-23-29-45(30-24-40)58(46-31-25-41(26-32-46)39-15-5-2-6-16-39)47-33-27-43-36-51-55(37-44(43)35-47)57(54-34-28-42-17-7-8-18-48(42)56(51)54)52-21-11-9-19-49(52)50-20-10-12-22-53(50)57/h7-12,17-39H,1-6,13-16H2. The second kappa shape index (κ2) is 13.6. The van der Waals surface area contributed by atoms with Gasteiger partial charge in [0.1, 0.15) is 0 Å². The Hall–Kier alpha value is -5.92. The van der Waals surface area contributed by atoms with Crippen LogP contribution < -0.4 is 4.90 Å². The van der Waals surface area contributed by atoms with E-state index in [1.165, 1.54) is 158 Å². The van der Waals surface area contributed by atoms with Crippen LogP contribution in [0.4, 0.5) is 17.1 Å². The third-order valence-electron chi connectivity index (χ3n) is 14.6. The van der Waals surface area contributed by atoms with Gasteiger partial charge >= 0.3 is 0 Å². The van der Waals surface area contributed by atoms with Crippen molar-refractivity contribution in [3.05, 3.63) is 197 Å². The van der Waals surface area contributed by atoms with Crippen molar-refractivity contribution in [1.82, 2.24) is 0 Å². The highest BCUT2D eigenvalue weighted by Crippen LogP contribution is 2.64. The number of nitrogens with zero attached hydrogens (tertiary/aromatic N) is 1. The molecule has 2 saturated carbocycles. The fourth-order valence-electron chi connectivity index (χ4n) is 11.9. The lowest BCUT2D eigenvalue weighted by Crippen LogP contribution is -2.25. The van der Waals surface area contributed by atoms with Crippen LogP contribution >= 0.6 is 0 Å². The van der Waals surface area contributed by atoms with Crippen LogP contribution in [0.1, 0.15) is 109 Å². The fourth-order valence-corrected chi connectivity index (χ4v) is 11.9. The van der Waals surface area contributed by atoms with Crippen LogP contribution in [0.25, 0.3) is 43.8 Å². The Kier molecular flexibility index (Phi) is 8.00. The van der Waals surface area contributed by atoms with Gasteiger partial charge in [-0.3, -0.25) is 0 Å². The quantitative estimate of drug-likeness (QED) is 0.169. The normalized spacial score (nSPS) is 17.0. The van der Waals surface area contributed by atoms with E-state index >= 15 is 0 Å². The minimum absolute atomic E-state index is 0.393. The molecule has 12 rings (SSSR count). The zero-order valence-electron chi connectivity index (χ0n) is 33.3. The highest BCUT2D eigenvalue weighted by molar-refractivity contribution is 6.09. The Morgan fingerprint density at radius 3 is 1.52 bits per heavy atom. The molecule has 58 heavy (non-hydrogen) atoms. The largest absolute Gasteiger partial charge is 0.310 e. The topological polar surface area (TPSA) is 3.24 Å². The molecule has 8 aromatic rings. The number of benzene rings is 8. The third-order valence-corrected chi connectivity index (χ3v) is 14.6. The lowest BCUT2D eigenvalue weighted by atomic mass is 9.70. The first-order valence-electron chi connectivity index (χ1n) is 22.1. The molecule has 0 amide bonds. The van der Waals surface area contributed by atoms with E-state index in [1.807, 2.05) is 0 Å². The SMILES string of the molecule is c1ccc2c(c1)-c1ccccc1C21c2cc3cc(N(c4ccc(C5CCCCC5)cc4)c4ccc(C5CCCCC5)cc4)ccc3cc2-c2c1ccc1ccccc21. The van der Waals surface area contributed by atoms with Gasteiger partial charge in [0.25, 0.3) is 0 Å². The molecule has 0 radical (unpaired) electrons. The number of fused-ring (bicyclic) bond motifs is 13. The van der Waals surface area contributed by atoms with E-state index in [9.17, 15) is 0 Å². The van der Waals surface area contributed by atoms with Gasteiger partial charge in [-0.15, -0.1) is 0 Å². The van der Waals surface area contributed by atoms with E-state index in [2.05, 4.69) is 169 Å². The molecule has 0 saturated heterocycles. The first-order valence-corrected chi connectivity index (χ1v) is 22.1. The Morgan fingerprint density at radius 2 is 0.897 bits per heavy atom. The molecule has 0 heterocycles. The lowest BCUT2D eigenvalue weighted by molar-refractivity contribution is 0.443. The van der Waals surface area contributed by atoms with Crippen molar-refractivity contribution >= 4 is 38.6 Å². The Labute approximate surface area is 343 Å². The molecule has 2 fully saturated rings. The van der Waals surface area contributed by atoms with Crippen LogP contribution in [0, 0.1) is 0 Å². The average Bonchev–Trinajstić information content (AvgIpc) is 3.76. The van der Waals surface area contributed by atoms with Crippen molar-refractivity contribution in [2.75, 3.05) is 4.90 Å². The van der Waals surface area contributed by atoms with Crippen LogP contribution in [0.3, 0.4) is 0 Å². The van der Waals surface area contributed by atoms with Crippen LogP contribution in [-0.4, -0.2) is 0 Å². The summed E-state index contributed by atoms with van der Waals surface area (Å²) in [5, 5.41) is 5.17. The molecule has 4 aliphatic rings.